The molecule has 8 rings (SSSR count). The quantitative estimate of drug-likeness (QED) is 0.327. The molecular weight excluding hydrogens is 484 g/mol. The summed E-state index contributed by atoms with van der Waals surface area (Å²) in [7, 11) is 0. The summed E-state index contributed by atoms with van der Waals surface area (Å²) in [5.74, 6) is -1.58. The molecule has 1 N–H and O–H groups in total. The second-order valence-electron chi connectivity index (χ2n) is 10.9. The van der Waals surface area contributed by atoms with Crippen LogP contribution in [0.5, 0.6) is 0 Å². The number of anilines is 2. The molecule has 3 amide bonds. The highest BCUT2D eigenvalue weighted by atomic mass is 16.2. The fraction of sp³-hybridized carbons (Fsp3) is 0.206. The highest BCUT2D eigenvalue weighted by molar-refractivity contribution is 6.25. The van der Waals surface area contributed by atoms with Crippen molar-refractivity contribution in [2.75, 3.05) is 10.2 Å². The molecule has 5 heteroatoms. The lowest BCUT2D eigenvalue weighted by Crippen LogP contribution is -2.49. The molecule has 5 nitrogen and oxygen atoms in total. The molecule has 3 aliphatic carbocycles. The molecule has 1 saturated heterocycles. The molecule has 1 fully saturated rings. The largest absolute Gasteiger partial charge is 0.322 e. The number of carbonyl (C=O) groups excluding carboxylic acids is 3. The molecule has 0 radical (unpaired) electrons. The lowest BCUT2D eigenvalue weighted by atomic mass is 9.48. The van der Waals surface area contributed by atoms with E-state index < -0.39 is 11.3 Å². The lowest BCUT2D eigenvalue weighted by Gasteiger charge is -2.51. The third kappa shape index (κ3) is 3.16. The second kappa shape index (κ2) is 8.50. The van der Waals surface area contributed by atoms with E-state index in [-0.39, 0.29) is 29.6 Å². The smallest absolute Gasteiger partial charge is 0.255 e. The molecule has 1 heterocycles. The van der Waals surface area contributed by atoms with Gasteiger partial charge in [-0.3, -0.25) is 14.4 Å². The minimum atomic E-state index is -0.914. The van der Waals surface area contributed by atoms with Gasteiger partial charge in [0.15, 0.2) is 0 Å². The predicted molar refractivity (Wildman–Crippen MR) is 151 cm³/mol. The zero-order valence-corrected chi connectivity index (χ0v) is 21.8. The minimum absolute atomic E-state index is 0.189. The Kier molecular flexibility index (Phi) is 5.14. The number of hydrogen-bond donors (Lipinski definition) is 1. The number of rotatable bonds is 4. The molecule has 2 atom stereocenters. The Hall–Kier alpha value is -4.51. The van der Waals surface area contributed by atoms with Gasteiger partial charge in [0.25, 0.3) is 5.91 Å². The first-order valence-corrected chi connectivity index (χ1v) is 13.5. The number of amides is 3. The Bertz CT molecular complexity index is 1640. The van der Waals surface area contributed by atoms with Crippen molar-refractivity contribution in [3.63, 3.8) is 0 Å². The number of benzene rings is 4. The number of hydrogen-bond acceptors (Lipinski definition) is 3. The van der Waals surface area contributed by atoms with E-state index >= 15 is 0 Å². The van der Waals surface area contributed by atoms with Crippen molar-refractivity contribution in [1.29, 1.82) is 0 Å². The summed E-state index contributed by atoms with van der Waals surface area (Å²) in [6.45, 7) is 4.00. The van der Waals surface area contributed by atoms with Crippen LogP contribution in [0, 0.1) is 11.3 Å². The first-order valence-electron chi connectivity index (χ1n) is 13.5. The summed E-state index contributed by atoms with van der Waals surface area (Å²) >= 11 is 0. The van der Waals surface area contributed by atoms with Crippen LogP contribution in [-0.2, 0) is 16.0 Å². The number of nitrogens with zero attached hydrogens (tertiary/aromatic N) is 1. The minimum Gasteiger partial charge on any atom is -0.322 e. The van der Waals surface area contributed by atoms with E-state index in [0.717, 1.165) is 39.9 Å². The summed E-state index contributed by atoms with van der Waals surface area (Å²) in [4.78, 5) is 43.1. The van der Waals surface area contributed by atoms with Gasteiger partial charge in [0, 0.05) is 23.1 Å². The molecule has 0 aromatic heterocycles. The first kappa shape index (κ1) is 23.6. The number of imide groups is 1. The third-order valence-electron chi connectivity index (χ3n) is 9.03. The molecule has 2 bridgehead atoms. The normalized spacial score (nSPS) is 24.3. The molecule has 4 aliphatic rings. The Balaban J connectivity index is 1.29. The van der Waals surface area contributed by atoms with Gasteiger partial charge in [-0.05, 0) is 65.4 Å². The maximum atomic E-state index is 14.3. The Morgan fingerprint density at radius 1 is 0.821 bits per heavy atom. The van der Waals surface area contributed by atoms with Crippen molar-refractivity contribution in [2.24, 2.45) is 11.3 Å². The molecule has 192 valence electrons. The average molecular weight is 513 g/mol. The zero-order chi connectivity index (χ0) is 26.9. The van der Waals surface area contributed by atoms with E-state index in [1.807, 2.05) is 62.4 Å². The average Bonchev–Trinajstić information content (AvgIpc) is 3.18. The van der Waals surface area contributed by atoms with Crippen molar-refractivity contribution in [2.45, 2.75) is 32.1 Å². The molecule has 39 heavy (non-hydrogen) atoms. The van der Waals surface area contributed by atoms with Crippen LogP contribution in [0.4, 0.5) is 11.4 Å². The predicted octanol–water partition coefficient (Wildman–Crippen LogP) is 6.29. The Labute approximate surface area is 227 Å². The van der Waals surface area contributed by atoms with E-state index in [2.05, 4.69) is 29.6 Å². The van der Waals surface area contributed by atoms with Gasteiger partial charge in [-0.15, -0.1) is 0 Å². The summed E-state index contributed by atoms with van der Waals surface area (Å²) in [5.41, 5.74) is 6.24. The van der Waals surface area contributed by atoms with Crippen LogP contribution in [-0.4, -0.2) is 17.7 Å². The van der Waals surface area contributed by atoms with E-state index in [4.69, 9.17) is 0 Å². The first-order chi connectivity index (χ1) is 18.9. The Morgan fingerprint density at radius 3 is 2.10 bits per heavy atom. The van der Waals surface area contributed by atoms with Crippen molar-refractivity contribution >= 4 is 29.1 Å². The van der Waals surface area contributed by atoms with Gasteiger partial charge in [-0.1, -0.05) is 79.7 Å². The van der Waals surface area contributed by atoms with Crippen molar-refractivity contribution < 1.29 is 14.4 Å². The van der Waals surface area contributed by atoms with Gasteiger partial charge in [0.05, 0.1) is 17.0 Å². The topological polar surface area (TPSA) is 66.5 Å². The number of aryl methyl sites for hydroxylation is 1. The molecular formula is C34H28N2O3. The van der Waals surface area contributed by atoms with Crippen LogP contribution in [0.1, 0.15) is 63.9 Å². The fourth-order valence-corrected chi connectivity index (χ4v) is 7.29. The van der Waals surface area contributed by atoms with Crippen LogP contribution in [0.2, 0.25) is 0 Å². The summed E-state index contributed by atoms with van der Waals surface area (Å²) in [6.07, 6.45) is 0.792. The Morgan fingerprint density at radius 2 is 1.44 bits per heavy atom. The van der Waals surface area contributed by atoms with Gasteiger partial charge in [0.2, 0.25) is 11.8 Å². The molecule has 0 spiro atoms. The fourth-order valence-electron chi connectivity index (χ4n) is 7.29. The van der Waals surface area contributed by atoms with Crippen LogP contribution >= 0.6 is 0 Å². The van der Waals surface area contributed by atoms with Crippen LogP contribution in [0.3, 0.4) is 0 Å². The van der Waals surface area contributed by atoms with Crippen LogP contribution < -0.4 is 10.2 Å². The molecule has 0 unspecified atom stereocenters. The monoisotopic (exact) mass is 512 g/mol. The number of nitrogens with one attached hydrogen (secondary N) is 1. The van der Waals surface area contributed by atoms with E-state index in [1.165, 1.54) is 4.90 Å². The maximum Gasteiger partial charge on any atom is 0.255 e. The molecule has 0 saturated carbocycles. The summed E-state index contributed by atoms with van der Waals surface area (Å²) in [6, 6.07) is 31.0. The van der Waals surface area contributed by atoms with Gasteiger partial charge >= 0.3 is 0 Å². The van der Waals surface area contributed by atoms with Gasteiger partial charge in [0.1, 0.15) is 0 Å². The van der Waals surface area contributed by atoms with Crippen LogP contribution in [0.25, 0.3) is 0 Å². The third-order valence-corrected chi connectivity index (χ3v) is 9.03. The second-order valence-corrected chi connectivity index (χ2v) is 10.9. The van der Waals surface area contributed by atoms with Gasteiger partial charge in [-0.2, -0.15) is 0 Å². The molecule has 1 aliphatic heterocycles. The number of carbonyl (C=O) groups is 3. The summed E-state index contributed by atoms with van der Waals surface area (Å²) in [5, 5.41) is 3.00. The standard InChI is InChI=1S/C34H28N2O3/c1-3-20-11-4-9-18-27(20)35-31(37)21-12-10-13-22(19-21)36-32(38)30-28-23-14-5-7-16-25(23)29(34(30,2)33(36)39)26-17-8-6-15-24(26)28/h4-19,28-30H,3H2,1-2H3,(H,35,37)/t28?,29?,30-,34+/m0/s1. The zero-order valence-electron chi connectivity index (χ0n) is 21.8. The van der Waals surface area contributed by atoms with Crippen molar-refractivity contribution in [1.82, 2.24) is 0 Å². The van der Waals surface area contributed by atoms with E-state index in [9.17, 15) is 14.4 Å². The highest BCUT2D eigenvalue weighted by Crippen LogP contribution is 2.67. The molecule has 4 aromatic carbocycles. The van der Waals surface area contributed by atoms with Crippen molar-refractivity contribution in [3.05, 3.63) is 130 Å². The van der Waals surface area contributed by atoms with Crippen molar-refractivity contribution in [3.8, 4) is 0 Å². The summed E-state index contributed by atoms with van der Waals surface area (Å²) < 4.78 is 0. The van der Waals surface area contributed by atoms with Gasteiger partial charge in [-0.25, -0.2) is 4.90 Å². The maximum absolute atomic E-state index is 14.3. The van der Waals surface area contributed by atoms with Crippen LogP contribution in [0.15, 0.2) is 97.1 Å². The van der Waals surface area contributed by atoms with Gasteiger partial charge < -0.3 is 5.32 Å². The van der Waals surface area contributed by atoms with E-state index in [0.29, 0.717) is 11.3 Å². The molecule has 4 aromatic rings. The number of para-hydroxylation sites is 1. The lowest BCUT2D eigenvalue weighted by molar-refractivity contribution is -0.128. The van der Waals surface area contributed by atoms with E-state index in [1.54, 1.807) is 24.3 Å². The SMILES string of the molecule is CCc1ccccc1NC(=O)c1cccc(N2C(=O)[C@@H]3C4c5ccccc5C(c5ccccc54)[C@@]3(C)C2=O)c1. The highest BCUT2D eigenvalue weighted by Gasteiger charge is 2.68.